The Bertz CT molecular complexity index is 881. The summed E-state index contributed by atoms with van der Waals surface area (Å²) in [5.41, 5.74) is 1.98. The van der Waals surface area contributed by atoms with Crippen molar-refractivity contribution in [2.75, 3.05) is 0 Å². The first kappa shape index (κ1) is 13.0. The third-order valence-electron chi connectivity index (χ3n) is 3.97. The van der Waals surface area contributed by atoms with Gasteiger partial charge >= 0.3 is 0 Å². The number of hydrogen-bond acceptors (Lipinski definition) is 4. The van der Waals surface area contributed by atoms with E-state index in [0.29, 0.717) is 5.16 Å². The van der Waals surface area contributed by atoms with Crippen LogP contribution < -0.4 is 5.56 Å². The van der Waals surface area contributed by atoms with Gasteiger partial charge in [-0.3, -0.25) is 9.36 Å². The van der Waals surface area contributed by atoms with E-state index in [9.17, 15) is 4.79 Å². The highest BCUT2D eigenvalue weighted by molar-refractivity contribution is 7.58. The van der Waals surface area contributed by atoms with Crippen molar-refractivity contribution in [3.8, 4) is 5.69 Å². The summed E-state index contributed by atoms with van der Waals surface area (Å²) < 4.78 is 1.55. The van der Waals surface area contributed by atoms with Gasteiger partial charge in [0.2, 0.25) is 0 Å². The van der Waals surface area contributed by atoms with Gasteiger partial charge < -0.3 is 12.6 Å². The number of rotatable bonds is 1. The maximum atomic E-state index is 12.9. The smallest absolute Gasteiger partial charge is 0.265 e. The van der Waals surface area contributed by atoms with Crippen molar-refractivity contribution in [3.63, 3.8) is 0 Å². The molecule has 0 spiro atoms. The molecule has 0 atom stereocenters. The van der Waals surface area contributed by atoms with E-state index in [2.05, 4.69) is 4.98 Å². The highest BCUT2D eigenvalue weighted by atomic mass is 32.1. The Morgan fingerprint density at radius 3 is 2.71 bits per heavy atom. The maximum Gasteiger partial charge on any atom is 0.265 e. The molecule has 0 unspecified atom stereocenters. The number of thiophene rings is 1. The van der Waals surface area contributed by atoms with Crippen LogP contribution in [0.2, 0.25) is 0 Å². The minimum atomic E-state index is -0.0180. The predicted octanol–water partition coefficient (Wildman–Crippen LogP) is 3.23. The Morgan fingerprint density at radius 2 is 1.90 bits per heavy atom. The summed E-state index contributed by atoms with van der Waals surface area (Å²) in [5, 5.41) is 1.13. The predicted molar refractivity (Wildman–Crippen MR) is 87.5 cm³/mol. The van der Waals surface area contributed by atoms with Crippen LogP contribution in [0.25, 0.3) is 15.9 Å². The summed E-state index contributed by atoms with van der Waals surface area (Å²) in [7, 11) is 0. The minimum absolute atomic E-state index is 0.0180. The number of hydrogen-bond donors (Lipinski definition) is 0. The zero-order valence-electron chi connectivity index (χ0n) is 11.3. The van der Waals surface area contributed by atoms with Crippen LogP contribution in [0.15, 0.2) is 40.3 Å². The molecule has 3 nitrogen and oxygen atoms in total. The fourth-order valence-corrected chi connectivity index (χ4v) is 4.58. The lowest BCUT2D eigenvalue weighted by molar-refractivity contribution is 0.699. The minimum Gasteiger partial charge on any atom is -0.742 e. The second kappa shape index (κ2) is 4.93. The van der Waals surface area contributed by atoms with Crippen LogP contribution >= 0.6 is 11.3 Å². The highest BCUT2D eigenvalue weighted by Crippen LogP contribution is 2.34. The van der Waals surface area contributed by atoms with Crippen molar-refractivity contribution in [1.29, 1.82) is 0 Å². The van der Waals surface area contributed by atoms with E-state index in [-0.39, 0.29) is 5.56 Å². The standard InChI is InChI=1S/C16H14N2OS2/c19-15-13-11-8-4-5-9-12(11)21-14(13)17-16(20)18(15)10-6-2-1-3-7-10/h1-3,6-7H,4-5,8-9H2,(H,17,20)/p-1. The maximum absolute atomic E-state index is 12.9. The third-order valence-corrected chi connectivity index (χ3v) is 5.43. The molecule has 0 saturated carbocycles. The van der Waals surface area contributed by atoms with Crippen LogP contribution in [-0.2, 0) is 25.5 Å². The van der Waals surface area contributed by atoms with E-state index < -0.39 is 0 Å². The number of aryl methyl sites for hydroxylation is 2. The highest BCUT2D eigenvalue weighted by Gasteiger charge is 2.20. The third kappa shape index (κ3) is 2.00. The van der Waals surface area contributed by atoms with Crippen molar-refractivity contribution in [2.45, 2.75) is 30.8 Å². The second-order valence-electron chi connectivity index (χ2n) is 5.26. The molecule has 0 amide bonds. The van der Waals surface area contributed by atoms with E-state index >= 15 is 0 Å². The van der Waals surface area contributed by atoms with Crippen LogP contribution in [0.4, 0.5) is 0 Å². The molecule has 1 aliphatic carbocycles. The van der Waals surface area contributed by atoms with Gasteiger partial charge in [-0.15, -0.1) is 11.3 Å². The fraction of sp³-hybridized carbons (Fsp3) is 0.250. The summed E-state index contributed by atoms with van der Waals surface area (Å²) in [5.74, 6) is 0. The number of benzene rings is 1. The molecule has 4 rings (SSSR count). The quantitative estimate of drug-likeness (QED) is 0.511. The van der Waals surface area contributed by atoms with Gasteiger partial charge in [0.15, 0.2) is 0 Å². The van der Waals surface area contributed by atoms with Gasteiger partial charge in [-0.2, -0.15) is 0 Å². The van der Waals surface area contributed by atoms with Gasteiger partial charge in [0.25, 0.3) is 5.56 Å². The topological polar surface area (TPSA) is 34.9 Å². The molecule has 0 bridgehead atoms. The summed E-state index contributed by atoms with van der Waals surface area (Å²) in [6, 6.07) is 9.52. The zero-order valence-corrected chi connectivity index (χ0v) is 13.0. The molecular weight excluding hydrogens is 300 g/mol. The lowest BCUT2D eigenvalue weighted by Crippen LogP contribution is -2.22. The summed E-state index contributed by atoms with van der Waals surface area (Å²) in [6.45, 7) is 0. The Kier molecular flexibility index (Phi) is 3.05. The first-order valence-electron chi connectivity index (χ1n) is 7.05. The Labute approximate surface area is 131 Å². The van der Waals surface area contributed by atoms with Gasteiger partial charge in [-0.25, -0.2) is 4.98 Å². The monoisotopic (exact) mass is 313 g/mol. The summed E-state index contributed by atoms with van der Waals surface area (Å²) in [6.07, 6.45) is 4.40. The largest absolute Gasteiger partial charge is 0.742 e. The van der Waals surface area contributed by atoms with Crippen LogP contribution in [0.5, 0.6) is 0 Å². The molecule has 21 heavy (non-hydrogen) atoms. The molecule has 106 valence electrons. The van der Waals surface area contributed by atoms with Gasteiger partial charge in [0.1, 0.15) is 4.83 Å². The van der Waals surface area contributed by atoms with Crippen molar-refractivity contribution in [3.05, 3.63) is 51.1 Å². The number of para-hydroxylation sites is 1. The lowest BCUT2D eigenvalue weighted by Gasteiger charge is -2.16. The van der Waals surface area contributed by atoms with Crippen LogP contribution in [0.3, 0.4) is 0 Å². The van der Waals surface area contributed by atoms with E-state index in [0.717, 1.165) is 35.2 Å². The van der Waals surface area contributed by atoms with Crippen LogP contribution in [0.1, 0.15) is 23.3 Å². The molecule has 0 aliphatic heterocycles. The molecule has 1 aromatic carbocycles. The van der Waals surface area contributed by atoms with Crippen molar-refractivity contribution < 1.29 is 0 Å². The first-order chi connectivity index (χ1) is 10.3. The zero-order chi connectivity index (χ0) is 14.4. The number of aromatic nitrogens is 2. The lowest BCUT2D eigenvalue weighted by atomic mass is 9.97. The molecule has 2 aromatic heterocycles. The van der Waals surface area contributed by atoms with Gasteiger partial charge in [0, 0.05) is 10.6 Å². The van der Waals surface area contributed by atoms with Crippen molar-refractivity contribution in [2.24, 2.45) is 0 Å². The second-order valence-corrected chi connectivity index (χ2v) is 6.71. The summed E-state index contributed by atoms with van der Waals surface area (Å²) >= 11 is 6.99. The SMILES string of the molecule is O=c1c2c3c(sc2nc([S-])n1-c1ccccc1)CCCC3. The molecule has 5 heteroatoms. The van der Waals surface area contributed by atoms with E-state index in [1.165, 1.54) is 16.9 Å². The Morgan fingerprint density at radius 1 is 1.14 bits per heavy atom. The average Bonchev–Trinajstić information content (AvgIpc) is 2.86. The van der Waals surface area contributed by atoms with Crippen molar-refractivity contribution in [1.82, 2.24) is 9.55 Å². The van der Waals surface area contributed by atoms with E-state index in [1.807, 2.05) is 30.3 Å². The van der Waals surface area contributed by atoms with Gasteiger partial charge in [0.05, 0.1) is 5.39 Å². The molecule has 2 heterocycles. The Hall–Kier alpha value is -1.72. The molecule has 0 saturated heterocycles. The van der Waals surface area contributed by atoms with Gasteiger partial charge in [-0.05, 0) is 48.5 Å². The molecule has 0 fully saturated rings. The summed E-state index contributed by atoms with van der Waals surface area (Å²) in [4.78, 5) is 19.6. The van der Waals surface area contributed by atoms with Gasteiger partial charge in [-0.1, -0.05) is 18.2 Å². The van der Waals surface area contributed by atoms with Crippen LogP contribution in [-0.4, -0.2) is 9.55 Å². The van der Waals surface area contributed by atoms with E-state index in [4.69, 9.17) is 12.6 Å². The Balaban J connectivity index is 2.07. The fourth-order valence-electron chi connectivity index (χ4n) is 2.99. The number of fused-ring (bicyclic) bond motifs is 3. The molecule has 1 aliphatic rings. The first-order valence-corrected chi connectivity index (χ1v) is 8.28. The molecule has 0 radical (unpaired) electrons. The van der Waals surface area contributed by atoms with Crippen molar-refractivity contribution >= 4 is 34.2 Å². The molecular formula is C16H13N2OS2-. The average molecular weight is 313 g/mol. The van der Waals surface area contributed by atoms with Crippen LogP contribution in [0, 0.1) is 0 Å². The molecule has 0 N–H and O–H groups in total. The normalized spacial score (nSPS) is 14.3. The number of nitrogens with zero attached hydrogens (tertiary/aromatic N) is 2. The van der Waals surface area contributed by atoms with E-state index in [1.54, 1.807) is 15.9 Å². The molecule has 3 aromatic rings.